The van der Waals surface area contributed by atoms with E-state index in [4.69, 9.17) is 0 Å². The van der Waals surface area contributed by atoms with Gasteiger partial charge in [0.05, 0.1) is 24.4 Å². The summed E-state index contributed by atoms with van der Waals surface area (Å²) in [7, 11) is 0. The molecule has 0 heterocycles. The average molecular weight is 324 g/mol. The van der Waals surface area contributed by atoms with Crippen LogP contribution in [0.25, 0.3) is 0 Å². The van der Waals surface area contributed by atoms with E-state index in [1.807, 2.05) is 0 Å². The van der Waals surface area contributed by atoms with E-state index in [-0.39, 0.29) is 34.9 Å². The van der Waals surface area contributed by atoms with Crippen molar-refractivity contribution in [2.75, 3.05) is 0 Å². The fourth-order valence-corrected chi connectivity index (χ4v) is 7.19. The summed E-state index contributed by atoms with van der Waals surface area (Å²) in [6, 6.07) is 0. The van der Waals surface area contributed by atoms with E-state index in [0.29, 0.717) is 18.3 Å². The highest BCUT2D eigenvalue weighted by Crippen LogP contribution is 2.66. The lowest BCUT2D eigenvalue weighted by molar-refractivity contribution is -0.177. The summed E-state index contributed by atoms with van der Waals surface area (Å²) in [4.78, 5) is 0. The van der Waals surface area contributed by atoms with Gasteiger partial charge in [0, 0.05) is 0 Å². The van der Waals surface area contributed by atoms with Crippen LogP contribution in [0.15, 0.2) is 0 Å². The fourth-order valence-electron chi connectivity index (χ4n) is 7.19. The van der Waals surface area contributed by atoms with Gasteiger partial charge in [-0.05, 0) is 79.4 Å². The van der Waals surface area contributed by atoms with Gasteiger partial charge in [-0.2, -0.15) is 0 Å². The maximum absolute atomic E-state index is 10.9. The van der Waals surface area contributed by atoms with Crippen molar-refractivity contribution < 1.29 is 20.4 Å². The monoisotopic (exact) mass is 324 g/mol. The van der Waals surface area contributed by atoms with E-state index in [1.54, 1.807) is 0 Å². The molecule has 4 fully saturated rings. The van der Waals surface area contributed by atoms with Crippen LogP contribution in [-0.4, -0.2) is 44.8 Å². The van der Waals surface area contributed by atoms with Crippen LogP contribution in [0.4, 0.5) is 0 Å². The van der Waals surface area contributed by atoms with E-state index in [0.717, 1.165) is 38.5 Å². The van der Waals surface area contributed by atoms with E-state index in [2.05, 4.69) is 13.8 Å². The number of fused-ring (bicyclic) bond motifs is 5. The number of hydrogen-bond acceptors (Lipinski definition) is 4. The van der Waals surface area contributed by atoms with Crippen LogP contribution in [0, 0.1) is 34.5 Å². The summed E-state index contributed by atoms with van der Waals surface area (Å²) in [5.41, 5.74) is -0.0537. The number of aliphatic hydroxyl groups is 4. The van der Waals surface area contributed by atoms with Crippen molar-refractivity contribution >= 4 is 0 Å². The SMILES string of the molecule is C[C@]12CCC3C(C1C[C@H](O)[C@@H]2O)[C@H](O)C[C@@H]1C[C@@H](O)CC[C@]31C. The van der Waals surface area contributed by atoms with Gasteiger partial charge in [0.1, 0.15) is 0 Å². The quantitative estimate of drug-likeness (QED) is 0.547. The molecule has 0 radical (unpaired) electrons. The zero-order valence-corrected chi connectivity index (χ0v) is 14.4. The maximum atomic E-state index is 10.9. The third kappa shape index (κ3) is 2.11. The zero-order chi connectivity index (χ0) is 16.6. The highest BCUT2D eigenvalue weighted by atomic mass is 16.3. The van der Waals surface area contributed by atoms with E-state index < -0.39 is 12.2 Å². The number of aliphatic hydroxyl groups excluding tert-OH is 4. The molecular weight excluding hydrogens is 292 g/mol. The Morgan fingerprint density at radius 1 is 0.739 bits per heavy atom. The van der Waals surface area contributed by atoms with Crippen LogP contribution in [-0.2, 0) is 0 Å². The smallest absolute Gasteiger partial charge is 0.0855 e. The predicted molar refractivity (Wildman–Crippen MR) is 86.5 cm³/mol. The third-order valence-electron chi connectivity index (χ3n) is 8.63. The minimum absolute atomic E-state index is 0.192. The Kier molecular flexibility index (Phi) is 3.67. The second-order valence-corrected chi connectivity index (χ2v) is 9.52. The summed E-state index contributed by atoms with van der Waals surface area (Å²) < 4.78 is 0. The molecule has 4 nitrogen and oxygen atoms in total. The van der Waals surface area contributed by atoms with Crippen molar-refractivity contribution in [1.29, 1.82) is 0 Å². The van der Waals surface area contributed by atoms with Crippen molar-refractivity contribution in [1.82, 2.24) is 0 Å². The third-order valence-corrected chi connectivity index (χ3v) is 8.63. The Balaban J connectivity index is 1.68. The lowest BCUT2D eigenvalue weighted by Gasteiger charge is -2.61. The second kappa shape index (κ2) is 5.17. The highest BCUT2D eigenvalue weighted by Gasteiger charge is 2.64. The van der Waals surface area contributed by atoms with Gasteiger partial charge in [0.15, 0.2) is 0 Å². The Bertz CT molecular complexity index is 482. The fraction of sp³-hybridized carbons (Fsp3) is 1.00. The normalized spacial score (nSPS) is 62.3. The molecule has 4 N–H and O–H groups in total. The second-order valence-electron chi connectivity index (χ2n) is 9.52. The van der Waals surface area contributed by atoms with Crippen LogP contribution in [0.1, 0.15) is 58.8 Å². The molecule has 4 saturated carbocycles. The first-order valence-corrected chi connectivity index (χ1v) is 9.49. The molecule has 0 aromatic carbocycles. The summed E-state index contributed by atoms with van der Waals surface area (Å²) in [5.74, 6) is 1.27. The van der Waals surface area contributed by atoms with Crippen LogP contribution in [0.2, 0.25) is 0 Å². The Morgan fingerprint density at radius 2 is 1.43 bits per heavy atom. The molecule has 4 aliphatic carbocycles. The van der Waals surface area contributed by atoms with Crippen molar-refractivity contribution in [3.63, 3.8) is 0 Å². The van der Waals surface area contributed by atoms with E-state index in [9.17, 15) is 20.4 Å². The lowest BCUT2D eigenvalue weighted by Crippen LogP contribution is -2.58. The van der Waals surface area contributed by atoms with Gasteiger partial charge in [0.25, 0.3) is 0 Å². The molecule has 23 heavy (non-hydrogen) atoms. The van der Waals surface area contributed by atoms with Gasteiger partial charge in [-0.25, -0.2) is 0 Å². The standard InChI is InChI=1S/C19H32O4/c1-18-5-3-11(20)7-10(18)8-14(21)16-12(18)4-6-19(2)13(16)9-15(22)17(19)23/h10-17,20-23H,3-9H2,1-2H3/t10-,11-,12?,13?,14+,15-,16?,17-,18-,19-/m0/s1. The number of rotatable bonds is 0. The molecule has 0 aliphatic heterocycles. The van der Waals surface area contributed by atoms with Gasteiger partial charge < -0.3 is 20.4 Å². The molecule has 132 valence electrons. The maximum Gasteiger partial charge on any atom is 0.0855 e. The van der Waals surface area contributed by atoms with Gasteiger partial charge in [-0.15, -0.1) is 0 Å². The van der Waals surface area contributed by atoms with Gasteiger partial charge in [-0.1, -0.05) is 13.8 Å². The first kappa shape index (κ1) is 16.3. The topological polar surface area (TPSA) is 80.9 Å². The number of hydrogen-bond donors (Lipinski definition) is 4. The zero-order valence-electron chi connectivity index (χ0n) is 14.4. The summed E-state index contributed by atoms with van der Waals surface area (Å²) in [5, 5.41) is 41.7. The first-order valence-electron chi connectivity index (χ1n) is 9.49. The molecule has 4 rings (SSSR count). The van der Waals surface area contributed by atoms with Crippen molar-refractivity contribution in [3.8, 4) is 0 Å². The van der Waals surface area contributed by atoms with Gasteiger partial charge >= 0.3 is 0 Å². The summed E-state index contributed by atoms with van der Waals surface area (Å²) in [6.07, 6.45) is 4.24. The van der Waals surface area contributed by atoms with Crippen molar-refractivity contribution in [2.45, 2.75) is 83.2 Å². The lowest BCUT2D eigenvalue weighted by atomic mass is 9.44. The Morgan fingerprint density at radius 3 is 2.17 bits per heavy atom. The Labute approximate surface area is 138 Å². The summed E-state index contributed by atoms with van der Waals surface area (Å²) in [6.45, 7) is 4.48. The molecule has 10 atom stereocenters. The van der Waals surface area contributed by atoms with Crippen LogP contribution < -0.4 is 0 Å². The highest BCUT2D eigenvalue weighted by molar-refractivity contribution is 5.13. The summed E-state index contributed by atoms with van der Waals surface area (Å²) >= 11 is 0. The molecular formula is C19H32O4. The molecule has 0 aromatic heterocycles. The molecule has 0 spiro atoms. The van der Waals surface area contributed by atoms with Crippen molar-refractivity contribution in [2.24, 2.45) is 34.5 Å². The predicted octanol–water partition coefficient (Wildman–Crippen LogP) is 1.69. The molecule has 4 heteroatoms. The molecule has 0 saturated heterocycles. The minimum atomic E-state index is -0.653. The molecule has 3 unspecified atom stereocenters. The largest absolute Gasteiger partial charge is 0.393 e. The first-order chi connectivity index (χ1) is 10.8. The molecule has 0 amide bonds. The van der Waals surface area contributed by atoms with Gasteiger partial charge in [0.2, 0.25) is 0 Å². The van der Waals surface area contributed by atoms with E-state index >= 15 is 0 Å². The molecule has 4 aliphatic rings. The van der Waals surface area contributed by atoms with E-state index in [1.165, 1.54) is 0 Å². The van der Waals surface area contributed by atoms with Crippen molar-refractivity contribution in [3.05, 3.63) is 0 Å². The van der Waals surface area contributed by atoms with Crippen LogP contribution >= 0.6 is 0 Å². The minimum Gasteiger partial charge on any atom is -0.393 e. The van der Waals surface area contributed by atoms with Crippen LogP contribution in [0.3, 0.4) is 0 Å². The van der Waals surface area contributed by atoms with Gasteiger partial charge in [-0.3, -0.25) is 0 Å². The van der Waals surface area contributed by atoms with Crippen LogP contribution in [0.5, 0.6) is 0 Å². The molecule has 0 aromatic rings. The Hall–Kier alpha value is -0.160. The molecule has 0 bridgehead atoms. The average Bonchev–Trinajstić information content (AvgIpc) is 2.73.